The van der Waals surface area contributed by atoms with Crippen LogP contribution in [-0.2, 0) is 18.9 Å². The molecule has 0 bridgehead atoms. The van der Waals surface area contributed by atoms with Crippen LogP contribution in [0.4, 0.5) is 0 Å². The van der Waals surface area contributed by atoms with Crippen LogP contribution in [0.2, 0.25) is 0 Å². The first-order valence-corrected chi connectivity index (χ1v) is 5.79. The molecule has 14 heavy (non-hydrogen) atoms. The number of ether oxygens (including phenoxy) is 4. The van der Waals surface area contributed by atoms with Crippen LogP contribution in [0.25, 0.3) is 0 Å². The predicted octanol–water partition coefficient (Wildman–Crippen LogP) is 1.27. The molecule has 0 radical (unpaired) electrons. The Bertz CT molecular complexity index is 201. The molecule has 0 aromatic rings. The summed E-state index contributed by atoms with van der Waals surface area (Å²) in [6.45, 7) is 3.81. The molecule has 2 fully saturated rings. The van der Waals surface area contributed by atoms with Gasteiger partial charge in [-0.15, -0.1) is 0 Å². The van der Waals surface area contributed by atoms with Crippen LogP contribution in [-0.4, -0.2) is 42.8 Å². The summed E-state index contributed by atoms with van der Waals surface area (Å²) in [6, 6.07) is 0. The number of hydrogen-bond donors (Lipinski definition) is 0. The second-order valence-corrected chi connectivity index (χ2v) is 4.65. The molecule has 2 saturated heterocycles. The quantitative estimate of drug-likeness (QED) is 0.706. The number of methoxy groups -OCH3 is 1. The largest absolute Gasteiger partial charge is 0.353 e. The molecule has 0 saturated carbocycles. The van der Waals surface area contributed by atoms with Crippen LogP contribution in [0.1, 0.15) is 13.8 Å². The Morgan fingerprint density at radius 2 is 1.93 bits per heavy atom. The van der Waals surface area contributed by atoms with Gasteiger partial charge in [0.15, 0.2) is 12.1 Å². The van der Waals surface area contributed by atoms with Gasteiger partial charge in [-0.3, -0.25) is 0 Å². The van der Waals surface area contributed by atoms with Gasteiger partial charge in [-0.25, -0.2) is 0 Å². The zero-order valence-corrected chi connectivity index (χ0v) is 10.1. The molecule has 0 spiro atoms. The third kappa shape index (κ3) is 1.72. The molecular formula is C9H15BrO4. The molecule has 5 heteroatoms. The normalized spacial score (nSPS) is 45.4. The molecule has 4 atom stereocenters. The fraction of sp³-hybridized carbons (Fsp3) is 1.00. The van der Waals surface area contributed by atoms with Gasteiger partial charge in [-0.1, -0.05) is 15.9 Å². The summed E-state index contributed by atoms with van der Waals surface area (Å²) in [5.74, 6) is -0.531. The van der Waals surface area contributed by atoms with E-state index >= 15 is 0 Å². The molecule has 0 aliphatic carbocycles. The van der Waals surface area contributed by atoms with E-state index < -0.39 is 5.79 Å². The lowest BCUT2D eigenvalue weighted by Crippen LogP contribution is -2.30. The third-order valence-electron chi connectivity index (χ3n) is 2.49. The van der Waals surface area contributed by atoms with Gasteiger partial charge < -0.3 is 18.9 Å². The standard InChI is InChI=1S/C9H15BrO4/c1-9(2)13-6-5(4-10)12-8(11-3)7(6)14-9/h5-8H,4H2,1-3H3/t5-,6-,7-,8-/m0/s1. The second kappa shape index (κ2) is 3.72. The minimum atomic E-state index is -0.531. The maximum Gasteiger partial charge on any atom is 0.186 e. The Labute approximate surface area is 92.0 Å². The molecule has 0 N–H and O–H groups in total. The summed E-state index contributed by atoms with van der Waals surface area (Å²) >= 11 is 3.39. The van der Waals surface area contributed by atoms with Crippen molar-refractivity contribution in [2.45, 2.75) is 44.2 Å². The van der Waals surface area contributed by atoms with E-state index in [1.54, 1.807) is 7.11 Å². The summed E-state index contributed by atoms with van der Waals surface area (Å²) in [7, 11) is 1.62. The SMILES string of the molecule is CO[C@H]1O[C@@H](CBr)[C@@H]2OC(C)(C)O[C@H]12. The lowest BCUT2D eigenvalue weighted by Gasteiger charge is -2.22. The molecule has 2 heterocycles. The van der Waals surface area contributed by atoms with Crippen molar-refractivity contribution >= 4 is 15.9 Å². The summed E-state index contributed by atoms with van der Waals surface area (Å²) in [5, 5.41) is 0.730. The lowest BCUT2D eigenvalue weighted by atomic mass is 10.2. The second-order valence-electron chi connectivity index (χ2n) is 4.00. The van der Waals surface area contributed by atoms with E-state index in [9.17, 15) is 0 Å². The number of fused-ring (bicyclic) bond motifs is 1. The van der Waals surface area contributed by atoms with E-state index in [1.165, 1.54) is 0 Å². The average Bonchev–Trinajstić information content (AvgIpc) is 2.57. The van der Waals surface area contributed by atoms with E-state index in [4.69, 9.17) is 18.9 Å². The smallest absolute Gasteiger partial charge is 0.186 e. The van der Waals surface area contributed by atoms with Crippen LogP contribution >= 0.6 is 15.9 Å². The van der Waals surface area contributed by atoms with Gasteiger partial charge in [0.2, 0.25) is 0 Å². The summed E-state index contributed by atoms with van der Waals surface area (Å²) in [5.41, 5.74) is 0. The van der Waals surface area contributed by atoms with Crippen molar-refractivity contribution in [2.24, 2.45) is 0 Å². The van der Waals surface area contributed by atoms with E-state index in [1.807, 2.05) is 13.8 Å². The average molecular weight is 267 g/mol. The summed E-state index contributed by atoms with van der Waals surface area (Å²) in [4.78, 5) is 0. The van der Waals surface area contributed by atoms with E-state index in [0.29, 0.717) is 0 Å². The van der Waals surface area contributed by atoms with Crippen LogP contribution in [0.15, 0.2) is 0 Å². The first-order valence-electron chi connectivity index (χ1n) is 4.67. The molecule has 82 valence electrons. The number of hydrogen-bond acceptors (Lipinski definition) is 4. The van der Waals surface area contributed by atoms with Gasteiger partial charge >= 0.3 is 0 Å². The minimum absolute atomic E-state index is 0.00623. The van der Waals surface area contributed by atoms with Crippen molar-refractivity contribution in [3.05, 3.63) is 0 Å². The molecule has 0 amide bonds. The Balaban J connectivity index is 2.12. The zero-order chi connectivity index (χ0) is 10.3. The highest BCUT2D eigenvalue weighted by molar-refractivity contribution is 9.09. The number of alkyl halides is 1. The topological polar surface area (TPSA) is 36.9 Å². The van der Waals surface area contributed by atoms with Gasteiger partial charge in [0.1, 0.15) is 12.2 Å². The van der Waals surface area contributed by atoms with Crippen LogP contribution in [0.5, 0.6) is 0 Å². The van der Waals surface area contributed by atoms with Crippen molar-refractivity contribution in [3.8, 4) is 0 Å². The van der Waals surface area contributed by atoms with Crippen molar-refractivity contribution < 1.29 is 18.9 Å². The maximum atomic E-state index is 5.75. The Morgan fingerprint density at radius 3 is 2.50 bits per heavy atom. The Morgan fingerprint density at radius 1 is 1.29 bits per heavy atom. The monoisotopic (exact) mass is 266 g/mol. The summed E-state index contributed by atoms with van der Waals surface area (Å²) < 4.78 is 22.3. The number of rotatable bonds is 2. The molecule has 0 aromatic heterocycles. The molecule has 0 unspecified atom stereocenters. The van der Waals surface area contributed by atoms with Crippen molar-refractivity contribution in [1.29, 1.82) is 0 Å². The molecular weight excluding hydrogens is 252 g/mol. The van der Waals surface area contributed by atoms with Crippen molar-refractivity contribution in [1.82, 2.24) is 0 Å². The van der Waals surface area contributed by atoms with Gasteiger partial charge in [0, 0.05) is 12.4 Å². The highest BCUT2D eigenvalue weighted by atomic mass is 79.9. The van der Waals surface area contributed by atoms with Gasteiger partial charge in [-0.05, 0) is 13.8 Å². The van der Waals surface area contributed by atoms with E-state index in [-0.39, 0.29) is 24.6 Å². The minimum Gasteiger partial charge on any atom is -0.353 e. The highest BCUT2D eigenvalue weighted by Crippen LogP contribution is 2.39. The predicted molar refractivity (Wildman–Crippen MR) is 53.3 cm³/mol. The molecule has 2 rings (SSSR count). The van der Waals surface area contributed by atoms with Crippen LogP contribution < -0.4 is 0 Å². The molecule has 2 aliphatic heterocycles. The van der Waals surface area contributed by atoms with E-state index in [0.717, 1.165) is 5.33 Å². The highest BCUT2D eigenvalue weighted by Gasteiger charge is 2.55. The third-order valence-corrected chi connectivity index (χ3v) is 3.13. The van der Waals surface area contributed by atoms with Crippen LogP contribution in [0.3, 0.4) is 0 Å². The van der Waals surface area contributed by atoms with Gasteiger partial charge in [0.05, 0.1) is 6.10 Å². The first kappa shape index (κ1) is 10.8. The summed E-state index contributed by atoms with van der Waals surface area (Å²) in [6.07, 6.45) is -0.456. The fourth-order valence-electron chi connectivity index (χ4n) is 1.96. The zero-order valence-electron chi connectivity index (χ0n) is 8.53. The first-order chi connectivity index (χ1) is 6.57. The van der Waals surface area contributed by atoms with Gasteiger partial charge in [-0.2, -0.15) is 0 Å². The van der Waals surface area contributed by atoms with Crippen molar-refractivity contribution in [3.63, 3.8) is 0 Å². The molecule has 4 nitrogen and oxygen atoms in total. The lowest BCUT2D eigenvalue weighted by molar-refractivity contribution is -0.224. The van der Waals surface area contributed by atoms with Crippen molar-refractivity contribution in [2.75, 3.05) is 12.4 Å². The molecule has 0 aromatic carbocycles. The Kier molecular flexibility index (Phi) is 2.87. The van der Waals surface area contributed by atoms with Crippen LogP contribution in [0, 0.1) is 0 Å². The van der Waals surface area contributed by atoms with E-state index in [2.05, 4.69) is 15.9 Å². The number of halogens is 1. The Hall–Kier alpha value is 0.320. The van der Waals surface area contributed by atoms with Gasteiger partial charge in [0.25, 0.3) is 0 Å². The fourth-order valence-corrected chi connectivity index (χ4v) is 2.48. The molecule has 2 aliphatic rings. The maximum absolute atomic E-state index is 5.75.